The summed E-state index contributed by atoms with van der Waals surface area (Å²) in [7, 11) is 0. The second-order valence-corrected chi connectivity index (χ2v) is 3.53. The molecule has 0 aliphatic heterocycles. The fourth-order valence-electron chi connectivity index (χ4n) is 1.67. The van der Waals surface area contributed by atoms with E-state index in [0.29, 0.717) is 11.4 Å². The maximum absolute atomic E-state index is 12.8. The molecule has 0 fully saturated rings. The Bertz CT molecular complexity index is 561. The minimum absolute atomic E-state index is 0.290. The number of halogens is 1. The molecule has 2 aromatic rings. The van der Waals surface area contributed by atoms with Gasteiger partial charge in [-0.3, -0.25) is 0 Å². The highest BCUT2D eigenvalue weighted by molar-refractivity contribution is 5.72. The van der Waals surface area contributed by atoms with Crippen LogP contribution in [0, 0.1) is 24.1 Å². The fraction of sp³-hybridized carbons (Fsp3) is 0.0833. The van der Waals surface area contributed by atoms with Gasteiger partial charge in [0, 0.05) is 0 Å². The average molecular weight is 215 g/mol. The molecule has 0 unspecified atom stereocenters. The summed E-state index contributed by atoms with van der Waals surface area (Å²) in [5.41, 5.74) is 8.47. The molecule has 1 heterocycles. The number of H-pyrrole nitrogens is 1. The first-order chi connectivity index (χ1) is 7.63. The summed E-state index contributed by atoms with van der Waals surface area (Å²) in [4.78, 5) is 2.93. The van der Waals surface area contributed by atoms with Crippen molar-refractivity contribution in [2.75, 3.05) is 5.73 Å². The van der Waals surface area contributed by atoms with E-state index in [2.05, 4.69) is 4.98 Å². The number of benzene rings is 1. The number of hydrogen-bond acceptors (Lipinski definition) is 2. The molecule has 0 aliphatic rings. The van der Waals surface area contributed by atoms with Crippen molar-refractivity contribution in [2.45, 2.75) is 6.92 Å². The number of nitrogens with one attached hydrogen (secondary N) is 1. The molecule has 0 atom stereocenters. The Kier molecular flexibility index (Phi) is 2.37. The van der Waals surface area contributed by atoms with Gasteiger partial charge >= 0.3 is 0 Å². The smallest absolute Gasteiger partial charge is 0.123 e. The van der Waals surface area contributed by atoms with Gasteiger partial charge in [-0.2, -0.15) is 5.26 Å². The normalized spacial score (nSPS) is 10.1. The van der Waals surface area contributed by atoms with Crippen LogP contribution in [0.4, 0.5) is 10.2 Å². The molecular formula is C12H10FN3. The third-order valence-corrected chi connectivity index (χ3v) is 2.52. The summed E-state index contributed by atoms with van der Waals surface area (Å²) in [6.45, 7) is 1.81. The molecule has 0 spiro atoms. The van der Waals surface area contributed by atoms with E-state index in [9.17, 15) is 4.39 Å². The predicted octanol–water partition coefficient (Wildman–Crippen LogP) is 2.58. The first-order valence-electron chi connectivity index (χ1n) is 4.77. The molecule has 3 nitrogen and oxygen atoms in total. The van der Waals surface area contributed by atoms with Crippen molar-refractivity contribution in [3.05, 3.63) is 41.2 Å². The van der Waals surface area contributed by atoms with Crippen LogP contribution in [0.5, 0.6) is 0 Å². The molecule has 0 bridgehead atoms. The Morgan fingerprint density at radius 1 is 1.31 bits per heavy atom. The van der Waals surface area contributed by atoms with Crippen molar-refractivity contribution in [1.29, 1.82) is 5.26 Å². The first-order valence-corrected chi connectivity index (χ1v) is 4.77. The monoisotopic (exact) mass is 215 g/mol. The standard InChI is InChI=1S/C12H10FN3/c1-7-10(6-14)12(15)16-11(7)8-2-4-9(13)5-3-8/h2-5,16H,15H2,1H3. The number of aromatic amines is 1. The summed E-state index contributed by atoms with van der Waals surface area (Å²) in [6, 6.07) is 8.08. The van der Waals surface area contributed by atoms with Gasteiger partial charge in [-0.1, -0.05) is 0 Å². The van der Waals surface area contributed by atoms with Gasteiger partial charge in [-0.25, -0.2) is 4.39 Å². The number of rotatable bonds is 1. The Hall–Kier alpha value is -2.28. The number of aromatic nitrogens is 1. The Labute approximate surface area is 92.3 Å². The highest BCUT2D eigenvalue weighted by Crippen LogP contribution is 2.28. The lowest BCUT2D eigenvalue weighted by Gasteiger charge is -1.99. The molecule has 80 valence electrons. The van der Waals surface area contributed by atoms with Crippen molar-refractivity contribution in [2.24, 2.45) is 0 Å². The van der Waals surface area contributed by atoms with E-state index in [1.807, 2.05) is 13.0 Å². The summed E-state index contributed by atoms with van der Waals surface area (Å²) >= 11 is 0. The number of nitriles is 1. The average Bonchev–Trinajstić information content (AvgIpc) is 2.55. The van der Waals surface area contributed by atoms with E-state index in [-0.39, 0.29) is 5.82 Å². The molecule has 3 N–H and O–H groups in total. The highest BCUT2D eigenvalue weighted by Gasteiger charge is 2.12. The molecule has 0 amide bonds. The Balaban J connectivity index is 2.58. The predicted molar refractivity (Wildman–Crippen MR) is 60.1 cm³/mol. The van der Waals surface area contributed by atoms with Crippen molar-refractivity contribution < 1.29 is 4.39 Å². The second kappa shape index (κ2) is 3.70. The number of nitrogen functional groups attached to an aromatic ring is 1. The van der Waals surface area contributed by atoms with Crippen LogP contribution >= 0.6 is 0 Å². The molecule has 4 heteroatoms. The molecule has 1 aromatic heterocycles. The van der Waals surface area contributed by atoms with Crippen LogP contribution in [0.1, 0.15) is 11.1 Å². The van der Waals surface area contributed by atoms with Gasteiger partial charge in [0.05, 0.1) is 11.3 Å². The third-order valence-electron chi connectivity index (χ3n) is 2.52. The quantitative estimate of drug-likeness (QED) is 0.767. The van der Waals surface area contributed by atoms with Gasteiger partial charge in [0.2, 0.25) is 0 Å². The van der Waals surface area contributed by atoms with Crippen LogP contribution in [0.25, 0.3) is 11.3 Å². The van der Waals surface area contributed by atoms with Gasteiger partial charge in [0.25, 0.3) is 0 Å². The van der Waals surface area contributed by atoms with Crippen molar-refractivity contribution >= 4 is 5.82 Å². The molecule has 16 heavy (non-hydrogen) atoms. The maximum Gasteiger partial charge on any atom is 0.123 e. The topological polar surface area (TPSA) is 65.6 Å². The van der Waals surface area contributed by atoms with Crippen LogP contribution in [0.2, 0.25) is 0 Å². The lowest BCUT2D eigenvalue weighted by atomic mass is 10.1. The van der Waals surface area contributed by atoms with E-state index in [1.165, 1.54) is 12.1 Å². The van der Waals surface area contributed by atoms with Gasteiger partial charge in [0.15, 0.2) is 0 Å². The lowest BCUT2D eigenvalue weighted by molar-refractivity contribution is 0.628. The fourth-order valence-corrected chi connectivity index (χ4v) is 1.67. The number of anilines is 1. The first kappa shape index (κ1) is 10.2. The van der Waals surface area contributed by atoms with E-state index in [0.717, 1.165) is 16.8 Å². The largest absolute Gasteiger partial charge is 0.384 e. The number of hydrogen-bond donors (Lipinski definition) is 2. The third kappa shape index (κ3) is 1.52. The summed E-state index contributed by atoms with van der Waals surface area (Å²) in [6.07, 6.45) is 0. The van der Waals surface area contributed by atoms with Crippen LogP contribution in [-0.2, 0) is 0 Å². The second-order valence-electron chi connectivity index (χ2n) is 3.53. The van der Waals surface area contributed by atoms with E-state index in [1.54, 1.807) is 12.1 Å². The van der Waals surface area contributed by atoms with Gasteiger partial charge in [0.1, 0.15) is 17.7 Å². The summed E-state index contributed by atoms with van der Waals surface area (Å²) < 4.78 is 12.8. The maximum atomic E-state index is 12.8. The Morgan fingerprint density at radius 2 is 1.94 bits per heavy atom. The van der Waals surface area contributed by atoms with E-state index < -0.39 is 0 Å². The van der Waals surface area contributed by atoms with Crippen LogP contribution in [0.3, 0.4) is 0 Å². The SMILES string of the molecule is Cc1c(-c2ccc(F)cc2)[nH]c(N)c1C#N. The van der Waals surface area contributed by atoms with Gasteiger partial charge in [-0.15, -0.1) is 0 Å². The number of nitrogens with two attached hydrogens (primary N) is 1. The van der Waals surface area contributed by atoms with Crippen molar-refractivity contribution in [1.82, 2.24) is 4.98 Å². The van der Waals surface area contributed by atoms with Crippen LogP contribution in [0.15, 0.2) is 24.3 Å². The van der Waals surface area contributed by atoms with Crippen molar-refractivity contribution in [3.63, 3.8) is 0 Å². The highest BCUT2D eigenvalue weighted by atomic mass is 19.1. The Morgan fingerprint density at radius 3 is 2.44 bits per heavy atom. The van der Waals surface area contributed by atoms with Crippen LogP contribution < -0.4 is 5.73 Å². The van der Waals surface area contributed by atoms with E-state index >= 15 is 0 Å². The molecule has 0 radical (unpaired) electrons. The molecule has 0 saturated heterocycles. The zero-order valence-electron chi connectivity index (χ0n) is 8.71. The zero-order chi connectivity index (χ0) is 11.7. The van der Waals surface area contributed by atoms with Gasteiger partial charge in [-0.05, 0) is 42.3 Å². The molecular weight excluding hydrogens is 205 g/mol. The van der Waals surface area contributed by atoms with E-state index in [4.69, 9.17) is 11.0 Å². The van der Waals surface area contributed by atoms with Crippen molar-refractivity contribution in [3.8, 4) is 17.3 Å². The number of nitrogens with zero attached hydrogens (tertiary/aromatic N) is 1. The minimum atomic E-state index is -0.290. The molecule has 2 rings (SSSR count). The summed E-state index contributed by atoms with van der Waals surface area (Å²) in [5, 5.41) is 8.89. The molecule has 0 aliphatic carbocycles. The van der Waals surface area contributed by atoms with Crippen LogP contribution in [-0.4, -0.2) is 4.98 Å². The summed E-state index contributed by atoms with van der Waals surface area (Å²) in [5.74, 6) is 0.0563. The minimum Gasteiger partial charge on any atom is -0.384 e. The lowest BCUT2D eigenvalue weighted by Crippen LogP contribution is -1.87. The molecule has 0 saturated carbocycles. The zero-order valence-corrected chi connectivity index (χ0v) is 8.71. The molecule has 1 aromatic carbocycles. The van der Waals surface area contributed by atoms with Gasteiger partial charge < -0.3 is 10.7 Å².